The number of hydrogen-bond acceptors (Lipinski definition) is 8. The lowest BCUT2D eigenvalue weighted by Crippen LogP contribution is -2.66. The fourth-order valence-corrected chi connectivity index (χ4v) is 14.1. The van der Waals surface area contributed by atoms with Gasteiger partial charge in [0.1, 0.15) is 18.0 Å². The minimum Gasteiger partial charge on any atom is -0.481 e. The molecule has 0 aliphatic heterocycles. The molecule has 9 nitrogen and oxygen atoms in total. The Morgan fingerprint density at radius 3 is 2.17 bits per heavy atom. The van der Waals surface area contributed by atoms with Crippen LogP contribution in [0.3, 0.4) is 0 Å². The molecule has 334 valence electrons. The largest absolute Gasteiger partial charge is 0.481 e. The molecule has 1 N–H and O–H groups in total. The van der Waals surface area contributed by atoms with Crippen LogP contribution in [0.25, 0.3) is 0 Å². The highest BCUT2D eigenvalue weighted by molar-refractivity contribution is 6.01. The van der Waals surface area contributed by atoms with Crippen LogP contribution in [0.2, 0.25) is 0 Å². The van der Waals surface area contributed by atoms with Crippen LogP contribution in [0.1, 0.15) is 139 Å². The van der Waals surface area contributed by atoms with E-state index in [9.17, 15) is 28.7 Å². The third-order valence-corrected chi connectivity index (χ3v) is 17.4. The van der Waals surface area contributed by atoms with Crippen LogP contribution >= 0.6 is 0 Å². The van der Waals surface area contributed by atoms with Crippen molar-refractivity contribution in [3.8, 4) is 0 Å². The van der Waals surface area contributed by atoms with Crippen molar-refractivity contribution in [3.05, 3.63) is 46.8 Å². The average molecular weight is 835 g/mol. The number of carboxylic acid groups (broad SMARTS) is 1. The third kappa shape index (κ3) is 8.03. The lowest BCUT2D eigenvalue weighted by atomic mass is 9.33. The van der Waals surface area contributed by atoms with Crippen molar-refractivity contribution >= 4 is 23.7 Å². The first-order valence-corrected chi connectivity index (χ1v) is 22.8. The fraction of sp³-hybridized carbons (Fsp3) is 0.760. The number of aliphatic carboxylic acids is 1. The maximum absolute atomic E-state index is 14.6. The van der Waals surface area contributed by atoms with E-state index in [1.807, 2.05) is 26.2 Å². The maximum atomic E-state index is 14.6. The lowest BCUT2D eigenvalue weighted by Gasteiger charge is -2.72. The summed E-state index contributed by atoms with van der Waals surface area (Å²) in [4.78, 5) is 57.2. The number of rotatable bonds is 14. The highest BCUT2D eigenvalue weighted by atomic mass is 19.1. The average Bonchev–Trinajstić information content (AvgIpc) is 3.45. The zero-order valence-electron chi connectivity index (χ0n) is 38.8. The molecule has 0 saturated heterocycles. The number of ether oxygens (including phenoxy) is 2. The molecule has 0 unspecified atom stereocenters. The SMILES string of the molecule is CC(=O)O[C@H](CN(CCN(C)C)Cc1ccc(F)cc1)[C@@]12CC[C@]3(C)[C@H](CC[C@@H]4[C@@]5(C)CC[C@H](OC(=O)CC(C)(C)C(=O)O)C(C)(C)[C@@H]5CC[C@]43C)C1=C(C(C)C)C(=O)C2. The van der Waals surface area contributed by atoms with E-state index in [1.54, 1.807) is 13.8 Å². The Morgan fingerprint density at radius 1 is 0.900 bits per heavy atom. The number of ketones is 1. The van der Waals surface area contributed by atoms with Crippen LogP contribution in [0, 0.1) is 62.0 Å². The number of esters is 2. The van der Waals surface area contributed by atoms with Crippen LogP contribution in [-0.4, -0.2) is 84.5 Å². The van der Waals surface area contributed by atoms with Gasteiger partial charge in [-0.1, -0.05) is 60.6 Å². The number of carboxylic acids is 1. The molecule has 0 radical (unpaired) electrons. The van der Waals surface area contributed by atoms with Crippen LogP contribution in [0.4, 0.5) is 4.39 Å². The Bertz CT molecular complexity index is 1850. The Morgan fingerprint density at radius 2 is 1.57 bits per heavy atom. The summed E-state index contributed by atoms with van der Waals surface area (Å²) < 4.78 is 26.7. The first-order valence-electron chi connectivity index (χ1n) is 22.8. The highest BCUT2D eigenvalue weighted by Crippen LogP contribution is 2.77. The lowest BCUT2D eigenvalue weighted by molar-refractivity contribution is -0.235. The second-order valence-electron chi connectivity index (χ2n) is 22.3. The number of fused-ring (bicyclic) bond motifs is 7. The van der Waals surface area contributed by atoms with E-state index in [4.69, 9.17) is 9.47 Å². The number of allylic oxidation sites excluding steroid dienone is 1. The number of halogens is 1. The van der Waals surface area contributed by atoms with Gasteiger partial charge < -0.3 is 19.5 Å². The van der Waals surface area contributed by atoms with Gasteiger partial charge in [0.2, 0.25) is 0 Å². The van der Waals surface area contributed by atoms with E-state index in [-0.39, 0.29) is 63.6 Å². The van der Waals surface area contributed by atoms with Crippen molar-refractivity contribution in [1.29, 1.82) is 0 Å². The number of carbonyl (C=O) groups is 4. The second kappa shape index (κ2) is 16.5. The van der Waals surface area contributed by atoms with Crippen molar-refractivity contribution in [3.63, 3.8) is 0 Å². The van der Waals surface area contributed by atoms with Crippen molar-refractivity contribution < 1.29 is 38.1 Å². The quantitative estimate of drug-likeness (QED) is 0.183. The summed E-state index contributed by atoms with van der Waals surface area (Å²) in [6, 6.07) is 6.63. The van der Waals surface area contributed by atoms with Gasteiger partial charge in [0.25, 0.3) is 0 Å². The van der Waals surface area contributed by atoms with E-state index in [0.29, 0.717) is 31.3 Å². The molecule has 0 heterocycles. The Labute approximate surface area is 359 Å². The van der Waals surface area contributed by atoms with Gasteiger partial charge in [-0.25, -0.2) is 4.39 Å². The molecule has 10 heteroatoms. The van der Waals surface area contributed by atoms with Crippen LogP contribution in [0.15, 0.2) is 35.4 Å². The Hall–Kier alpha value is -3.11. The molecule has 1 aromatic rings. The molecule has 60 heavy (non-hydrogen) atoms. The van der Waals surface area contributed by atoms with E-state index in [2.05, 4.69) is 58.3 Å². The summed E-state index contributed by atoms with van der Waals surface area (Å²) in [5.41, 5.74) is 1.03. The second-order valence-corrected chi connectivity index (χ2v) is 22.3. The van der Waals surface area contributed by atoms with Crippen molar-refractivity contribution in [2.75, 3.05) is 33.7 Å². The molecule has 9 atom stereocenters. The summed E-state index contributed by atoms with van der Waals surface area (Å²) >= 11 is 0. The molecular weight excluding hydrogens is 760 g/mol. The van der Waals surface area contributed by atoms with Gasteiger partial charge in [0, 0.05) is 50.4 Å². The highest BCUT2D eigenvalue weighted by Gasteiger charge is 2.71. The topological polar surface area (TPSA) is 113 Å². The van der Waals surface area contributed by atoms with Gasteiger partial charge in [0.15, 0.2) is 5.78 Å². The Balaban J connectivity index is 1.33. The minimum atomic E-state index is -1.19. The number of benzene rings is 1. The number of hydrogen-bond donors (Lipinski definition) is 1. The van der Waals surface area contributed by atoms with Gasteiger partial charge in [-0.2, -0.15) is 0 Å². The van der Waals surface area contributed by atoms with Gasteiger partial charge >= 0.3 is 17.9 Å². The van der Waals surface area contributed by atoms with Gasteiger partial charge in [-0.15, -0.1) is 0 Å². The molecule has 5 aliphatic carbocycles. The van der Waals surface area contributed by atoms with Gasteiger partial charge in [0.05, 0.1) is 11.8 Å². The summed E-state index contributed by atoms with van der Waals surface area (Å²) in [6.07, 6.45) is 6.85. The van der Waals surface area contributed by atoms with E-state index in [1.165, 1.54) is 24.6 Å². The third-order valence-electron chi connectivity index (χ3n) is 17.4. The van der Waals surface area contributed by atoms with Crippen LogP contribution in [0.5, 0.6) is 0 Å². The molecule has 5 aliphatic rings. The molecule has 0 amide bonds. The molecular formula is C50H75FN2O7. The summed E-state index contributed by atoms with van der Waals surface area (Å²) in [6.45, 7) is 23.6. The number of nitrogens with zero attached hydrogens (tertiary/aromatic N) is 2. The van der Waals surface area contributed by atoms with Crippen molar-refractivity contribution in [2.24, 2.45) is 56.2 Å². The maximum Gasteiger partial charge on any atom is 0.309 e. The van der Waals surface area contributed by atoms with E-state index in [0.717, 1.165) is 75.6 Å². The molecule has 1 aromatic carbocycles. The normalized spacial score (nSPS) is 34.2. The van der Waals surface area contributed by atoms with E-state index < -0.39 is 28.9 Å². The monoisotopic (exact) mass is 835 g/mol. The van der Waals surface area contributed by atoms with Crippen molar-refractivity contribution in [1.82, 2.24) is 9.80 Å². The zero-order chi connectivity index (χ0) is 44.4. The summed E-state index contributed by atoms with van der Waals surface area (Å²) in [7, 11) is 4.09. The predicted octanol–water partition coefficient (Wildman–Crippen LogP) is 9.51. The first kappa shape index (κ1) is 46.4. The number of carbonyl (C=O) groups excluding carboxylic acids is 3. The molecule has 6 rings (SSSR count). The molecule has 4 saturated carbocycles. The standard InChI is InChI=1S/C50H75FN2O7/c1-31(2)42-36(55)27-50(40(59-32(3)54)30-53(26-25-52(11)12)29-33-13-15-34(51)16-14-33)24-23-48(9)35(43(42)50)17-18-38-47(8)21-20-39(60-41(56)28-45(4,5)44(57)58)46(6,7)37(47)19-22-49(38,48)10/h13-16,31,35,37-40H,17-30H2,1-12H3,(H,57,58)/t35-,37+,38-,39+,40-,47+,48-,49-,50+/m1/s1. The molecule has 0 bridgehead atoms. The van der Waals surface area contributed by atoms with Crippen LogP contribution < -0.4 is 0 Å². The Kier molecular flexibility index (Phi) is 12.8. The predicted molar refractivity (Wildman–Crippen MR) is 231 cm³/mol. The number of likely N-dealkylation sites (N-methyl/N-ethyl adjacent to an activating group) is 1. The summed E-state index contributed by atoms with van der Waals surface area (Å²) in [5.74, 6) is -0.888. The fourth-order valence-electron chi connectivity index (χ4n) is 14.1. The molecule has 4 fully saturated rings. The zero-order valence-corrected chi connectivity index (χ0v) is 38.8. The molecule has 0 aromatic heterocycles. The van der Waals surface area contributed by atoms with Crippen LogP contribution in [-0.2, 0) is 35.2 Å². The van der Waals surface area contributed by atoms with Gasteiger partial charge in [-0.3, -0.25) is 24.1 Å². The van der Waals surface area contributed by atoms with Gasteiger partial charge in [-0.05, 0) is 148 Å². The smallest absolute Gasteiger partial charge is 0.309 e. The number of Topliss-reactive ketones (excluding diaryl/α,β-unsaturated/α-hetero) is 1. The molecule has 0 spiro atoms. The minimum absolute atomic E-state index is 0.0105. The first-order chi connectivity index (χ1) is 27.8. The van der Waals surface area contributed by atoms with E-state index >= 15 is 0 Å². The summed E-state index contributed by atoms with van der Waals surface area (Å²) in [5, 5.41) is 9.67. The van der Waals surface area contributed by atoms with Crippen molar-refractivity contribution in [2.45, 2.75) is 152 Å².